The van der Waals surface area contributed by atoms with Crippen molar-refractivity contribution in [2.75, 3.05) is 38.2 Å². The number of aromatic nitrogens is 2. The molecule has 0 bridgehead atoms. The van der Waals surface area contributed by atoms with Gasteiger partial charge in [-0.05, 0) is 25.8 Å². The van der Waals surface area contributed by atoms with Crippen LogP contribution in [0.2, 0.25) is 0 Å². The standard InChI is InChI=1S/C19H24N6O3/c1-19(28-2)3-7-25(8-4-19)16-12-9-14(18(27)22-6-5-20)23-11-15(12)24-17(26)13(16)10-21/h9,11H,3-8,20H2,1-2H3,(H,22,27)(H,24,26). The van der Waals surface area contributed by atoms with Crippen molar-refractivity contribution in [2.24, 2.45) is 5.73 Å². The third-order valence-electron chi connectivity index (χ3n) is 5.28. The first-order valence-corrected chi connectivity index (χ1v) is 9.17. The summed E-state index contributed by atoms with van der Waals surface area (Å²) < 4.78 is 5.59. The van der Waals surface area contributed by atoms with E-state index in [-0.39, 0.29) is 22.8 Å². The third kappa shape index (κ3) is 3.69. The Morgan fingerprint density at radius 2 is 2.21 bits per heavy atom. The summed E-state index contributed by atoms with van der Waals surface area (Å²) in [4.78, 5) is 33.5. The maximum Gasteiger partial charge on any atom is 0.269 e. The highest BCUT2D eigenvalue weighted by molar-refractivity contribution is 6.00. The molecule has 0 radical (unpaired) electrons. The maximum atomic E-state index is 12.4. The number of nitrogens with one attached hydrogen (secondary N) is 2. The van der Waals surface area contributed by atoms with Crippen molar-refractivity contribution in [3.63, 3.8) is 0 Å². The van der Waals surface area contributed by atoms with E-state index in [1.807, 2.05) is 11.0 Å². The number of amides is 1. The monoisotopic (exact) mass is 384 g/mol. The van der Waals surface area contributed by atoms with Crippen molar-refractivity contribution in [3.8, 4) is 6.07 Å². The van der Waals surface area contributed by atoms with Gasteiger partial charge in [0.05, 0.1) is 23.0 Å². The van der Waals surface area contributed by atoms with Gasteiger partial charge in [-0.1, -0.05) is 0 Å². The van der Waals surface area contributed by atoms with E-state index in [1.165, 1.54) is 6.20 Å². The van der Waals surface area contributed by atoms with E-state index in [0.29, 0.717) is 42.8 Å². The summed E-state index contributed by atoms with van der Waals surface area (Å²) in [6.07, 6.45) is 2.97. The van der Waals surface area contributed by atoms with E-state index in [2.05, 4.69) is 22.2 Å². The topological polar surface area (TPSA) is 137 Å². The summed E-state index contributed by atoms with van der Waals surface area (Å²) in [6.45, 7) is 3.98. The number of H-pyrrole nitrogens is 1. The third-order valence-corrected chi connectivity index (χ3v) is 5.28. The molecular weight excluding hydrogens is 360 g/mol. The molecule has 2 aromatic heterocycles. The highest BCUT2D eigenvalue weighted by Gasteiger charge is 2.32. The molecule has 3 heterocycles. The predicted molar refractivity (Wildman–Crippen MR) is 105 cm³/mol. The average Bonchev–Trinajstić information content (AvgIpc) is 2.71. The molecule has 1 aliphatic heterocycles. The first-order valence-electron chi connectivity index (χ1n) is 9.17. The van der Waals surface area contributed by atoms with Gasteiger partial charge in [0.25, 0.3) is 11.5 Å². The normalized spacial score (nSPS) is 16.0. The molecule has 2 aromatic rings. The lowest BCUT2D eigenvalue weighted by Gasteiger charge is -2.40. The Hall–Kier alpha value is -2.96. The van der Waals surface area contributed by atoms with E-state index in [0.717, 1.165) is 12.8 Å². The van der Waals surface area contributed by atoms with Crippen LogP contribution in [0.3, 0.4) is 0 Å². The first-order chi connectivity index (χ1) is 13.4. The molecule has 4 N–H and O–H groups in total. The quantitative estimate of drug-likeness (QED) is 0.682. The van der Waals surface area contributed by atoms with E-state index in [9.17, 15) is 14.9 Å². The van der Waals surface area contributed by atoms with Crippen molar-refractivity contribution in [1.29, 1.82) is 5.26 Å². The predicted octanol–water partition coefficient (Wildman–Crippen LogP) is 0.489. The summed E-state index contributed by atoms with van der Waals surface area (Å²) >= 11 is 0. The largest absolute Gasteiger partial charge is 0.378 e. The number of hydrogen-bond acceptors (Lipinski definition) is 7. The fraction of sp³-hybridized carbons (Fsp3) is 0.474. The minimum absolute atomic E-state index is 0.0352. The van der Waals surface area contributed by atoms with Crippen molar-refractivity contribution >= 4 is 22.5 Å². The van der Waals surface area contributed by atoms with Crippen molar-refractivity contribution in [2.45, 2.75) is 25.4 Å². The number of ether oxygens (including phenoxy) is 1. The van der Waals surface area contributed by atoms with Crippen LogP contribution in [-0.4, -0.2) is 54.8 Å². The number of fused-ring (bicyclic) bond motifs is 1. The minimum atomic E-state index is -0.466. The van der Waals surface area contributed by atoms with Crippen molar-refractivity contribution in [1.82, 2.24) is 15.3 Å². The molecule has 28 heavy (non-hydrogen) atoms. The van der Waals surface area contributed by atoms with Crippen LogP contribution in [0.25, 0.3) is 10.9 Å². The number of carbonyl (C=O) groups is 1. The summed E-state index contributed by atoms with van der Waals surface area (Å²) in [5.74, 6) is -0.353. The lowest BCUT2D eigenvalue weighted by molar-refractivity contribution is -0.0132. The molecule has 3 rings (SSSR count). The summed E-state index contributed by atoms with van der Waals surface area (Å²) in [6, 6.07) is 3.63. The number of nitriles is 1. The second-order valence-electron chi connectivity index (χ2n) is 7.09. The Bertz CT molecular complexity index is 986. The lowest BCUT2D eigenvalue weighted by atomic mass is 9.92. The number of nitrogens with two attached hydrogens (primary N) is 1. The number of aromatic amines is 1. The van der Waals surface area contributed by atoms with Gasteiger partial charge in [0, 0.05) is 38.7 Å². The van der Waals surface area contributed by atoms with Crippen LogP contribution < -0.4 is 21.5 Å². The zero-order valence-corrected chi connectivity index (χ0v) is 16.0. The van der Waals surface area contributed by atoms with Crippen molar-refractivity contribution < 1.29 is 9.53 Å². The molecule has 0 atom stereocenters. The Morgan fingerprint density at radius 3 is 2.82 bits per heavy atom. The molecule has 0 spiro atoms. The Kier molecular flexibility index (Phi) is 5.63. The summed E-state index contributed by atoms with van der Waals surface area (Å²) in [7, 11) is 1.69. The van der Waals surface area contributed by atoms with Gasteiger partial charge in [-0.3, -0.25) is 9.59 Å². The fourth-order valence-corrected chi connectivity index (χ4v) is 3.42. The molecule has 148 valence electrons. The second kappa shape index (κ2) is 7.96. The van der Waals surface area contributed by atoms with Gasteiger partial charge < -0.3 is 25.7 Å². The second-order valence-corrected chi connectivity index (χ2v) is 7.09. The number of pyridine rings is 2. The molecule has 0 aromatic carbocycles. The average molecular weight is 384 g/mol. The Labute approximate surface area is 162 Å². The van der Waals surface area contributed by atoms with Gasteiger partial charge in [-0.25, -0.2) is 4.98 Å². The van der Waals surface area contributed by atoms with E-state index in [1.54, 1.807) is 13.2 Å². The van der Waals surface area contributed by atoms with Crippen LogP contribution in [0.4, 0.5) is 5.69 Å². The number of carbonyl (C=O) groups excluding carboxylic acids is 1. The van der Waals surface area contributed by atoms with Crippen LogP contribution in [-0.2, 0) is 4.74 Å². The zero-order valence-electron chi connectivity index (χ0n) is 16.0. The molecule has 9 nitrogen and oxygen atoms in total. The first kappa shape index (κ1) is 19.8. The van der Waals surface area contributed by atoms with Gasteiger partial charge in [0.1, 0.15) is 17.3 Å². The molecule has 1 aliphatic rings. The van der Waals surface area contributed by atoms with Crippen LogP contribution >= 0.6 is 0 Å². The molecule has 0 aliphatic carbocycles. The van der Waals surface area contributed by atoms with Gasteiger partial charge in [0.15, 0.2) is 0 Å². The molecule has 0 unspecified atom stereocenters. The number of piperidine rings is 1. The molecule has 0 saturated carbocycles. The van der Waals surface area contributed by atoms with Gasteiger partial charge in [-0.2, -0.15) is 5.26 Å². The smallest absolute Gasteiger partial charge is 0.269 e. The summed E-state index contributed by atoms with van der Waals surface area (Å²) in [5.41, 5.74) is 5.99. The SMILES string of the molecule is COC1(C)CCN(c2c(C#N)c(=O)[nH]c3cnc(C(=O)NCCN)cc23)CC1. The lowest BCUT2D eigenvalue weighted by Crippen LogP contribution is -2.44. The zero-order chi connectivity index (χ0) is 20.3. The fourth-order valence-electron chi connectivity index (χ4n) is 3.42. The van der Waals surface area contributed by atoms with Gasteiger partial charge in [-0.15, -0.1) is 0 Å². The number of rotatable bonds is 5. The van der Waals surface area contributed by atoms with Gasteiger partial charge >= 0.3 is 0 Å². The number of hydrogen-bond donors (Lipinski definition) is 3. The molecule has 1 saturated heterocycles. The summed E-state index contributed by atoms with van der Waals surface area (Å²) in [5, 5.41) is 12.9. The van der Waals surface area contributed by atoms with Gasteiger partial charge in [0.2, 0.25) is 0 Å². The molecule has 9 heteroatoms. The van der Waals surface area contributed by atoms with E-state index >= 15 is 0 Å². The highest BCUT2D eigenvalue weighted by atomic mass is 16.5. The molecule has 1 amide bonds. The number of nitrogens with zero attached hydrogens (tertiary/aromatic N) is 3. The number of anilines is 1. The number of methoxy groups -OCH3 is 1. The maximum absolute atomic E-state index is 12.4. The van der Waals surface area contributed by atoms with Crippen molar-refractivity contribution in [3.05, 3.63) is 33.9 Å². The van der Waals surface area contributed by atoms with Crippen LogP contribution in [0.5, 0.6) is 0 Å². The minimum Gasteiger partial charge on any atom is -0.378 e. The Morgan fingerprint density at radius 1 is 1.50 bits per heavy atom. The van der Waals surface area contributed by atoms with Crippen LogP contribution in [0, 0.1) is 11.3 Å². The molecular formula is C19H24N6O3. The Balaban J connectivity index is 2.09. The van der Waals surface area contributed by atoms with E-state index < -0.39 is 5.56 Å². The van der Waals surface area contributed by atoms with Crippen LogP contribution in [0.1, 0.15) is 35.8 Å². The van der Waals surface area contributed by atoms with Crippen LogP contribution in [0.15, 0.2) is 17.1 Å². The highest BCUT2D eigenvalue weighted by Crippen LogP contribution is 2.33. The van der Waals surface area contributed by atoms with E-state index in [4.69, 9.17) is 10.5 Å². The molecule has 1 fully saturated rings.